The Kier molecular flexibility index (Phi) is 6.37. The van der Waals surface area contributed by atoms with Gasteiger partial charge in [-0.1, -0.05) is 36.4 Å². The molecule has 2 heterocycles. The van der Waals surface area contributed by atoms with Crippen LogP contribution in [0.3, 0.4) is 0 Å². The number of aryl methyl sites for hydroxylation is 1. The number of benzene rings is 2. The molecular formula is C25H29N5O2. The van der Waals surface area contributed by atoms with E-state index >= 15 is 0 Å². The Morgan fingerprint density at radius 2 is 1.81 bits per heavy atom. The van der Waals surface area contributed by atoms with Crippen LogP contribution in [-0.4, -0.2) is 39.1 Å². The zero-order valence-corrected chi connectivity index (χ0v) is 18.5. The van der Waals surface area contributed by atoms with Gasteiger partial charge in [0.2, 0.25) is 11.8 Å². The number of primary amides is 1. The predicted octanol–water partition coefficient (Wildman–Crippen LogP) is 3.12. The summed E-state index contributed by atoms with van der Waals surface area (Å²) < 4.78 is 1.88. The number of hydrogen-bond acceptors (Lipinski definition) is 4. The summed E-state index contributed by atoms with van der Waals surface area (Å²) in [7, 11) is 0. The number of anilines is 1. The van der Waals surface area contributed by atoms with Gasteiger partial charge in [-0.05, 0) is 57.0 Å². The van der Waals surface area contributed by atoms with Gasteiger partial charge in [0.15, 0.2) is 0 Å². The maximum absolute atomic E-state index is 13.0. The molecule has 1 atom stereocenters. The van der Waals surface area contributed by atoms with E-state index < -0.39 is 0 Å². The molecular weight excluding hydrogens is 402 g/mol. The van der Waals surface area contributed by atoms with Crippen LogP contribution in [0.2, 0.25) is 0 Å². The summed E-state index contributed by atoms with van der Waals surface area (Å²) in [5.41, 5.74) is 11.0. The van der Waals surface area contributed by atoms with Crippen LogP contribution in [-0.2, 0) is 22.6 Å². The first-order chi connectivity index (χ1) is 15.4. The fraction of sp³-hybridized carbons (Fsp3) is 0.320. The lowest BCUT2D eigenvalue weighted by Crippen LogP contribution is -2.39. The molecule has 1 fully saturated rings. The molecule has 2 amide bonds. The highest BCUT2D eigenvalue weighted by Gasteiger charge is 2.29. The monoisotopic (exact) mass is 431 g/mol. The smallest absolute Gasteiger partial charge is 0.234 e. The number of carbonyl (C=O) groups is 2. The van der Waals surface area contributed by atoms with E-state index in [1.54, 1.807) is 0 Å². The SMILES string of the molecule is Cc1nn(-c2ccccc2)c(C)c1CC(=O)Nc1ccccc1CN1CCCC1C(N)=O. The highest BCUT2D eigenvalue weighted by Crippen LogP contribution is 2.24. The molecule has 1 aromatic heterocycles. The molecule has 1 aliphatic rings. The first kappa shape index (κ1) is 21.8. The standard InChI is InChI=1S/C25H29N5O2/c1-17-21(18(2)30(28-17)20-10-4-3-5-11-20)15-24(31)27-22-12-7-6-9-19(22)16-29-14-8-13-23(29)25(26)32/h3-7,9-12,23H,8,13-16H2,1-2H3,(H2,26,32)(H,27,31). The number of carbonyl (C=O) groups excluding carboxylic acids is 2. The van der Waals surface area contributed by atoms with E-state index in [-0.39, 0.29) is 24.3 Å². The molecule has 32 heavy (non-hydrogen) atoms. The van der Waals surface area contributed by atoms with Gasteiger partial charge in [-0.3, -0.25) is 14.5 Å². The van der Waals surface area contributed by atoms with Crippen LogP contribution in [0.25, 0.3) is 5.69 Å². The van der Waals surface area contributed by atoms with Gasteiger partial charge in [0.25, 0.3) is 0 Å². The molecule has 2 aromatic carbocycles. The zero-order valence-electron chi connectivity index (χ0n) is 18.5. The second-order valence-electron chi connectivity index (χ2n) is 8.31. The molecule has 0 bridgehead atoms. The molecule has 4 rings (SSSR count). The minimum atomic E-state index is -0.287. The molecule has 7 heteroatoms. The van der Waals surface area contributed by atoms with Crippen molar-refractivity contribution >= 4 is 17.5 Å². The normalized spacial score (nSPS) is 16.2. The molecule has 1 aliphatic heterocycles. The van der Waals surface area contributed by atoms with Crippen molar-refractivity contribution in [2.24, 2.45) is 5.73 Å². The minimum Gasteiger partial charge on any atom is -0.368 e. The van der Waals surface area contributed by atoms with Crippen LogP contribution in [0, 0.1) is 13.8 Å². The van der Waals surface area contributed by atoms with Crippen molar-refractivity contribution in [1.82, 2.24) is 14.7 Å². The fourth-order valence-electron chi connectivity index (χ4n) is 4.44. The number of likely N-dealkylation sites (tertiary alicyclic amines) is 1. The van der Waals surface area contributed by atoms with Crippen molar-refractivity contribution in [2.45, 2.75) is 45.7 Å². The van der Waals surface area contributed by atoms with Gasteiger partial charge in [-0.2, -0.15) is 5.10 Å². The molecule has 166 valence electrons. The van der Waals surface area contributed by atoms with Crippen LogP contribution in [0.4, 0.5) is 5.69 Å². The number of amides is 2. The summed E-state index contributed by atoms with van der Waals surface area (Å²) in [6.45, 7) is 5.32. The summed E-state index contributed by atoms with van der Waals surface area (Å²) in [5.74, 6) is -0.380. The van der Waals surface area contributed by atoms with E-state index in [9.17, 15) is 9.59 Å². The third-order valence-electron chi connectivity index (χ3n) is 6.14. The van der Waals surface area contributed by atoms with Crippen molar-refractivity contribution in [3.05, 3.63) is 77.1 Å². The molecule has 3 aromatic rings. The lowest BCUT2D eigenvalue weighted by Gasteiger charge is -2.23. The van der Waals surface area contributed by atoms with Gasteiger partial charge in [0.1, 0.15) is 0 Å². The second-order valence-corrected chi connectivity index (χ2v) is 8.31. The Balaban J connectivity index is 1.49. The number of nitrogens with two attached hydrogens (primary N) is 1. The highest BCUT2D eigenvalue weighted by atomic mass is 16.2. The number of nitrogens with zero attached hydrogens (tertiary/aromatic N) is 3. The number of hydrogen-bond donors (Lipinski definition) is 2. The van der Waals surface area contributed by atoms with Crippen molar-refractivity contribution in [3.8, 4) is 5.69 Å². The molecule has 0 radical (unpaired) electrons. The van der Waals surface area contributed by atoms with Crippen molar-refractivity contribution < 1.29 is 9.59 Å². The van der Waals surface area contributed by atoms with Crippen molar-refractivity contribution in [1.29, 1.82) is 0 Å². The Labute approximate surface area is 188 Å². The van der Waals surface area contributed by atoms with Gasteiger partial charge in [0, 0.05) is 23.5 Å². The van der Waals surface area contributed by atoms with Gasteiger partial charge in [0.05, 0.1) is 23.8 Å². The summed E-state index contributed by atoms with van der Waals surface area (Å²) >= 11 is 0. The Hall–Kier alpha value is -3.45. The third kappa shape index (κ3) is 4.57. The lowest BCUT2D eigenvalue weighted by atomic mass is 10.1. The molecule has 3 N–H and O–H groups in total. The van der Waals surface area contributed by atoms with Gasteiger partial charge >= 0.3 is 0 Å². The molecule has 0 aliphatic carbocycles. The van der Waals surface area contributed by atoms with E-state index in [1.165, 1.54) is 0 Å². The van der Waals surface area contributed by atoms with Crippen LogP contribution in [0.15, 0.2) is 54.6 Å². The largest absolute Gasteiger partial charge is 0.368 e. The minimum absolute atomic E-state index is 0.0934. The quantitative estimate of drug-likeness (QED) is 0.601. The average molecular weight is 432 g/mol. The van der Waals surface area contributed by atoms with Crippen molar-refractivity contribution in [2.75, 3.05) is 11.9 Å². The second kappa shape index (κ2) is 9.36. The molecule has 1 unspecified atom stereocenters. The topological polar surface area (TPSA) is 93.2 Å². The molecule has 0 spiro atoms. The van der Waals surface area contributed by atoms with Gasteiger partial charge in [-0.25, -0.2) is 4.68 Å². The Morgan fingerprint density at radius 1 is 1.09 bits per heavy atom. The van der Waals surface area contributed by atoms with E-state index in [4.69, 9.17) is 5.73 Å². The maximum Gasteiger partial charge on any atom is 0.234 e. The molecule has 7 nitrogen and oxygen atoms in total. The average Bonchev–Trinajstić information content (AvgIpc) is 3.36. The lowest BCUT2D eigenvalue weighted by molar-refractivity contribution is -0.122. The number of nitrogens with one attached hydrogen (secondary N) is 1. The number of para-hydroxylation sites is 2. The summed E-state index contributed by atoms with van der Waals surface area (Å²) in [6.07, 6.45) is 1.98. The highest BCUT2D eigenvalue weighted by molar-refractivity contribution is 5.93. The van der Waals surface area contributed by atoms with Crippen LogP contribution in [0.1, 0.15) is 35.4 Å². The first-order valence-corrected chi connectivity index (χ1v) is 11.0. The van der Waals surface area contributed by atoms with Crippen molar-refractivity contribution in [3.63, 3.8) is 0 Å². The summed E-state index contributed by atoms with van der Waals surface area (Å²) in [6, 6.07) is 17.4. The fourth-order valence-corrected chi connectivity index (χ4v) is 4.44. The van der Waals surface area contributed by atoms with E-state index in [0.717, 1.165) is 53.3 Å². The van der Waals surface area contributed by atoms with Gasteiger partial charge in [-0.15, -0.1) is 0 Å². The summed E-state index contributed by atoms with van der Waals surface area (Å²) in [4.78, 5) is 26.8. The Bertz CT molecular complexity index is 1120. The maximum atomic E-state index is 13.0. The summed E-state index contributed by atoms with van der Waals surface area (Å²) in [5, 5.41) is 7.70. The number of aromatic nitrogens is 2. The predicted molar refractivity (Wildman–Crippen MR) is 124 cm³/mol. The molecule has 0 saturated carbocycles. The molecule has 1 saturated heterocycles. The van der Waals surface area contributed by atoms with Crippen LogP contribution in [0.5, 0.6) is 0 Å². The Morgan fingerprint density at radius 3 is 2.56 bits per heavy atom. The third-order valence-corrected chi connectivity index (χ3v) is 6.14. The first-order valence-electron chi connectivity index (χ1n) is 11.0. The van der Waals surface area contributed by atoms with E-state index in [2.05, 4.69) is 15.3 Å². The number of rotatable bonds is 7. The van der Waals surface area contributed by atoms with Crippen LogP contribution < -0.4 is 11.1 Å². The van der Waals surface area contributed by atoms with Crippen LogP contribution >= 0.6 is 0 Å². The van der Waals surface area contributed by atoms with E-state index in [1.807, 2.05) is 73.1 Å². The van der Waals surface area contributed by atoms with Gasteiger partial charge < -0.3 is 11.1 Å². The zero-order chi connectivity index (χ0) is 22.7. The van der Waals surface area contributed by atoms with E-state index in [0.29, 0.717) is 6.54 Å².